The number of nitrogens with two attached hydrogens (primary N) is 1. The van der Waals surface area contributed by atoms with Crippen molar-refractivity contribution in [2.45, 2.75) is 49.8 Å². The molecule has 1 saturated carbocycles. The van der Waals surface area contributed by atoms with Crippen molar-refractivity contribution < 1.29 is 4.74 Å². The third-order valence-electron chi connectivity index (χ3n) is 4.83. The highest BCUT2D eigenvalue weighted by molar-refractivity contribution is 7.99. The summed E-state index contributed by atoms with van der Waals surface area (Å²) < 4.78 is 5.31. The lowest BCUT2D eigenvalue weighted by Gasteiger charge is -2.31. The van der Waals surface area contributed by atoms with E-state index >= 15 is 0 Å². The second-order valence-corrected chi connectivity index (χ2v) is 7.42. The molecule has 2 aliphatic carbocycles. The van der Waals surface area contributed by atoms with Gasteiger partial charge in [0, 0.05) is 11.3 Å². The summed E-state index contributed by atoms with van der Waals surface area (Å²) in [5, 5.41) is 0.594. The largest absolute Gasteiger partial charge is 0.497 e. The Morgan fingerprint density at radius 2 is 2.05 bits per heavy atom. The molecule has 0 spiro atoms. The molecule has 3 heteroatoms. The molecule has 20 heavy (non-hydrogen) atoms. The average Bonchev–Trinajstić information content (AvgIpc) is 2.99. The van der Waals surface area contributed by atoms with E-state index in [9.17, 15) is 0 Å². The van der Waals surface area contributed by atoms with Crippen molar-refractivity contribution in [3.63, 3.8) is 0 Å². The Morgan fingerprint density at radius 1 is 1.25 bits per heavy atom. The molecular weight excluding hydrogens is 266 g/mol. The van der Waals surface area contributed by atoms with E-state index in [2.05, 4.69) is 23.9 Å². The van der Waals surface area contributed by atoms with Crippen LogP contribution in [0.2, 0.25) is 0 Å². The first-order chi connectivity index (χ1) is 9.78. The minimum atomic E-state index is 0.191. The van der Waals surface area contributed by atoms with Crippen molar-refractivity contribution >= 4 is 11.8 Å². The Balaban J connectivity index is 1.64. The lowest BCUT2D eigenvalue weighted by atomic mass is 9.87. The lowest BCUT2D eigenvalue weighted by molar-refractivity contribution is 0.413. The fourth-order valence-electron chi connectivity index (χ4n) is 3.55. The van der Waals surface area contributed by atoms with E-state index < -0.39 is 0 Å². The van der Waals surface area contributed by atoms with Crippen LogP contribution in [0.3, 0.4) is 0 Å². The number of rotatable bonds is 4. The Hall–Kier alpha value is -0.670. The highest BCUT2D eigenvalue weighted by Gasteiger charge is 2.28. The van der Waals surface area contributed by atoms with Crippen molar-refractivity contribution in [1.29, 1.82) is 0 Å². The molecule has 0 amide bonds. The zero-order valence-electron chi connectivity index (χ0n) is 12.3. The molecule has 2 aliphatic rings. The number of thioether (sulfide) groups is 1. The molecule has 2 atom stereocenters. The predicted octanol–water partition coefficient (Wildman–Crippen LogP) is 3.93. The molecule has 1 fully saturated rings. The monoisotopic (exact) mass is 291 g/mol. The summed E-state index contributed by atoms with van der Waals surface area (Å²) in [5.74, 6) is 3.21. The molecule has 0 saturated heterocycles. The van der Waals surface area contributed by atoms with Crippen molar-refractivity contribution in [3.05, 3.63) is 29.3 Å². The van der Waals surface area contributed by atoms with Gasteiger partial charge < -0.3 is 10.5 Å². The Morgan fingerprint density at radius 3 is 2.80 bits per heavy atom. The summed E-state index contributed by atoms with van der Waals surface area (Å²) in [6.07, 6.45) is 8.09. The average molecular weight is 291 g/mol. The number of ether oxygens (including phenoxy) is 1. The first kappa shape index (κ1) is 14.3. The van der Waals surface area contributed by atoms with Crippen LogP contribution in [0.25, 0.3) is 0 Å². The number of hydrogen-bond donors (Lipinski definition) is 1. The van der Waals surface area contributed by atoms with Gasteiger partial charge in [0.25, 0.3) is 0 Å². The third kappa shape index (κ3) is 2.99. The summed E-state index contributed by atoms with van der Waals surface area (Å²) in [5.41, 5.74) is 9.22. The Labute approximate surface area is 126 Å². The molecule has 0 bridgehead atoms. The first-order valence-electron chi connectivity index (χ1n) is 7.82. The second-order valence-electron chi connectivity index (χ2n) is 6.15. The van der Waals surface area contributed by atoms with E-state index in [4.69, 9.17) is 10.5 Å². The van der Waals surface area contributed by atoms with Crippen LogP contribution in [0, 0.1) is 5.92 Å². The molecule has 1 aromatic carbocycles. The van der Waals surface area contributed by atoms with Crippen LogP contribution >= 0.6 is 11.8 Å². The summed E-state index contributed by atoms with van der Waals surface area (Å²) >= 11 is 2.12. The van der Waals surface area contributed by atoms with Crippen LogP contribution in [0.1, 0.15) is 49.3 Å². The van der Waals surface area contributed by atoms with Gasteiger partial charge in [0.2, 0.25) is 0 Å². The zero-order valence-corrected chi connectivity index (χ0v) is 13.1. The van der Waals surface area contributed by atoms with Crippen LogP contribution in [-0.2, 0) is 6.42 Å². The quantitative estimate of drug-likeness (QED) is 0.913. The van der Waals surface area contributed by atoms with Gasteiger partial charge in [-0.15, -0.1) is 0 Å². The summed E-state index contributed by atoms with van der Waals surface area (Å²) in [6, 6.07) is 6.56. The molecule has 110 valence electrons. The van der Waals surface area contributed by atoms with Crippen LogP contribution < -0.4 is 10.5 Å². The van der Waals surface area contributed by atoms with E-state index in [-0.39, 0.29) is 6.04 Å². The molecule has 0 aliphatic heterocycles. The molecule has 2 unspecified atom stereocenters. The maximum absolute atomic E-state index is 6.51. The number of methoxy groups -OCH3 is 1. The van der Waals surface area contributed by atoms with Gasteiger partial charge in [0.15, 0.2) is 0 Å². The molecule has 2 N–H and O–H groups in total. The minimum Gasteiger partial charge on any atom is -0.497 e. The van der Waals surface area contributed by atoms with Gasteiger partial charge in [0.05, 0.1) is 7.11 Å². The fourth-order valence-corrected chi connectivity index (χ4v) is 5.04. The fraction of sp³-hybridized carbons (Fsp3) is 0.647. The van der Waals surface area contributed by atoms with Crippen molar-refractivity contribution in [2.24, 2.45) is 11.7 Å². The number of benzene rings is 1. The normalized spacial score (nSPS) is 26.5. The Bertz CT molecular complexity index is 456. The topological polar surface area (TPSA) is 35.2 Å². The predicted molar refractivity (Wildman–Crippen MR) is 86.4 cm³/mol. The zero-order chi connectivity index (χ0) is 13.9. The van der Waals surface area contributed by atoms with E-state index in [0.29, 0.717) is 5.25 Å². The molecular formula is C17H25NOS. The van der Waals surface area contributed by atoms with E-state index in [1.807, 2.05) is 6.07 Å². The molecule has 3 rings (SSSR count). The Kier molecular flexibility index (Phi) is 4.57. The first-order valence-corrected chi connectivity index (χ1v) is 8.87. The van der Waals surface area contributed by atoms with Gasteiger partial charge in [-0.05, 0) is 60.6 Å². The van der Waals surface area contributed by atoms with Crippen LogP contribution in [0.4, 0.5) is 0 Å². The molecule has 2 nitrogen and oxygen atoms in total. The smallest absolute Gasteiger partial charge is 0.119 e. The summed E-state index contributed by atoms with van der Waals surface area (Å²) in [7, 11) is 1.73. The molecule has 1 aromatic rings. The van der Waals surface area contributed by atoms with Gasteiger partial charge in [-0.25, -0.2) is 0 Å². The number of aryl methyl sites for hydroxylation is 1. The molecule has 0 heterocycles. The third-order valence-corrected chi connectivity index (χ3v) is 6.45. The van der Waals surface area contributed by atoms with Gasteiger partial charge in [0.1, 0.15) is 5.75 Å². The van der Waals surface area contributed by atoms with Crippen molar-refractivity contribution in [3.8, 4) is 5.75 Å². The van der Waals surface area contributed by atoms with E-state index in [0.717, 1.165) is 18.1 Å². The maximum Gasteiger partial charge on any atom is 0.119 e. The van der Waals surface area contributed by atoms with E-state index in [1.165, 1.54) is 49.0 Å². The van der Waals surface area contributed by atoms with Crippen LogP contribution in [0.5, 0.6) is 5.75 Å². The summed E-state index contributed by atoms with van der Waals surface area (Å²) in [6.45, 7) is 0. The minimum absolute atomic E-state index is 0.191. The van der Waals surface area contributed by atoms with Gasteiger partial charge in [-0.2, -0.15) is 11.8 Å². The van der Waals surface area contributed by atoms with Gasteiger partial charge in [-0.1, -0.05) is 18.9 Å². The number of hydrogen-bond acceptors (Lipinski definition) is 3. The SMILES string of the molecule is COc1ccc2c(c1)CCC(SCC1CCCC1)C2N. The maximum atomic E-state index is 6.51. The van der Waals surface area contributed by atoms with Gasteiger partial charge >= 0.3 is 0 Å². The lowest BCUT2D eigenvalue weighted by Crippen LogP contribution is -2.30. The second kappa shape index (κ2) is 6.40. The van der Waals surface area contributed by atoms with Gasteiger partial charge in [-0.3, -0.25) is 0 Å². The molecule has 0 radical (unpaired) electrons. The van der Waals surface area contributed by atoms with Crippen LogP contribution in [-0.4, -0.2) is 18.1 Å². The molecule has 0 aromatic heterocycles. The van der Waals surface area contributed by atoms with Crippen LogP contribution in [0.15, 0.2) is 18.2 Å². The highest BCUT2D eigenvalue weighted by atomic mass is 32.2. The van der Waals surface area contributed by atoms with Crippen molar-refractivity contribution in [2.75, 3.05) is 12.9 Å². The highest BCUT2D eigenvalue weighted by Crippen LogP contribution is 2.39. The number of fused-ring (bicyclic) bond motifs is 1. The van der Waals surface area contributed by atoms with Crippen molar-refractivity contribution in [1.82, 2.24) is 0 Å². The standard InChI is InChI=1S/C17H25NOS/c1-19-14-7-8-15-13(10-14)6-9-16(17(15)18)20-11-12-4-2-3-5-12/h7-8,10,12,16-17H,2-6,9,11,18H2,1H3. The van der Waals surface area contributed by atoms with E-state index in [1.54, 1.807) is 7.11 Å². The summed E-state index contributed by atoms with van der Waals surface area (Å²) in [4.78, 5) is 0.